The Morgan fingerprint density at radius 1 is 1.03 bits per heavy atom. The van der Waals surface area contributed by atoms with Crippen LogP contribution in [0.15, 0.2) is 18.2 Å². The van der Waals surface area contributed by atoms with Crippen molar-refractivity contribution in [1.29, 1.82) is 0 Å². The van der Waals surface area contributed by atoms with Crippen molar-refractivity contribution in [2.24, 2.45) is 5.92 Å². The molecule has 2 aliphatic carbocycles. The lowest BCUT2D eigenvalue weighted by Gasteiger charge is -2.30. The summed E-state index contributed by atoms with van der Waals surface area (Å²) in [5.74, 6) is 4.23. The maximum Gasteiger partial charge on any atom is 0.225 e. The van der Waals surface area contributed by atoms with E-state index in [4.69, 9.17) is 19.4 Å². The summed E-state index contributed by atoms with van der Waals surface area (Å²) >= 11 is 0. The second-order valence-electron chi connectivity index (χ2n) is 9.81. The first kappa shape index (κ1) is 24.6. The Morgan fingerprint density at radius 3 is 2.56 bits per heavy atom. The molecular weight excluding hydrogens is 426 g/mol. The molecule has 1 aromatic heterocycles. The van der Waals surface area contributed by atoms with Crippen LogP contribution in [0, 0.1) is 5.92 Å². The fourth-order valence-electron chi connectivity index (χ4n) is 5.22. The first-order valence-corrected chi connectivity index (χ1v) is 12.9. The van der Waals surface area contributed by atoms with E-state index in [2.05, 4.69) is 41.8 Å². The van der Waals surface area contributed by atoms with Crippen molar-refractivity contribution in [3.8, 4) is 11.5 Å². The number of benzene rings is 1. The number of fused-ring (bicyclic) bond motifs is 1. The zero-order valence-corrected chi connectivity index (χ0v) is 21.3. The number of anilines is 2. The van der Waals surface area contributed by atoms with Crippen molar-refractivity contribution >= 4 is 11.8 Å². The highest BCUT2D eigenvalue weighted by atomic mass is 16.5. The first-order chi connectivity index (χ1) is 16.6. The van der Waals surface area contributed by atoms with Crippen LogP contribution in [-0.2, 0) is 19.4 Å². The van der Waals surface area contributed by atoms with Crippen molar-refractivity contribution in [1.82, 2.24) is 15.3 Å². The Kier molecular flexibility index (Phi) is 8.48. The third kappa shape index (κ3) is 6.12. The molecule has 0 atom stereocenters. The van der Waals surface area contributed by atoms with E-state index >= 15 is 0 Å². The highest BCUT2D eigenvalue weighted by Crippen LogP contribution is 2.31. The smallest absolute Gasteiger partial charge is 0.225 e. The Balaban J connectivity index is 1.25. The standard InChI is InChI=1S/C27H41N5O2/c1-5-34-25-16-20(12-15-24(25)33-4)18-28-17-19-10-13-21(14-11-19)29-27-30-23-9-7-6-8-22(23)26(31-27)32(2)3/h12,15-16,19,21,28H,5-11,13-14,17-18H2,1-4H3,(H,29,30,31)/t19-,21+. The van der Waals surface area contributed by atoms with Gasteiger partial charge in [0.25, 0.3) is 0 Å². The predicted octanol–water partition coefficient (Wildman–Crippen LogP) is 4.59. The van der Waals surface area contributed by atoms with Crippen LogP contribution in [0.25, 0.3) is 0 Å². The van der Waals surface area contributed by atoms with E-state index in [1.165, 1.54) is 55.3 Å². The molecule has 0 amide bonds. The van der Waals surface area contributed by atoms with Gasteiger partial charge in [-0.25, -0.2) is 4.98 Å². The molecule has 1 heterocycles. The van der Waals surface area contributed by atoms with Gasteiger partial charge in [-0.15, -0.1) is 0 Å². The van der Waals surface area contributed by atoms with Crippen LogP contribution >= 0.6 is 0 Å². The average molecular weight is 468 g/mol. The summed E-state index contributed by atoms with van der Waals surface area (Å²) in [6, 6.07) is 6.64. The maximum absolute atomic E-state index is 5.70. The lowest BCUT2D eigenvalue weighted by atomic mass is 9.86. The van der Waals surface area contributed by atoms with Crippen LogP contribution in [-0.4, -0.2) is 50.4 Å². The lowest BCUT2D eigenvalue weighted by Crippen LogP contribution is -2.32. The molecule has 0 radical (unpaired) electrons. The van der Waals surface area contributed by atoms with Crippen molar-refractivity contribution in [3.05, 3.63) is 35.0 Å². The van der Waals surface area contributed by atoms with Crippen molar-refractivity contribution in [2.45, 2.75) is 70.9 Å². The van der Waals surface area contributed by atoms with Crippen LogP contribution in [0.4, 0.5) is 11.8 Å². The molecule has 7 heteroatoms. The monoisotopic (exact) mass is 467 g/mol. The molecule has 1 fully saturated rings. The molecule has 2 N–H and O–H groups in total. The molecule has 0 spiro atoms. The topological polar surface area (TPSA) is 71.5 Å². The molecule has 0 unspecified atom stereocenters. The van der Waals surface area contributed by atoms with E-state index in [9.17, 15) is 0 Å². The van der Waals surface area contributed by atoms with Crippen LogP contribution in [0.3, 0.4) is 0 Å². The maximum atomic E-state index is 5.70. The number of aromatic nitrogens is 2. The summed E-state index contributed by atoms with van der Waals surface area (Å²) < 4.78 is 11.1. The van der Waals surface area contributed by atoms with Crippen molar-refractivity contribution < 1.29 is 9.47 Å². The van der Waals surface area contributed by atoms with Gasteiger partial charge in [-0.3, -0.25) is 0 Å². The van der Waals surface area contributed by atoms with Gasteiger partial charge >= 0.3 is 0 Å². The first-order valence-electron chi connectivity index (χ1n) is 12.9. The normalized spacial score (nSPS) is 19.9. The van der Waals surface area contributed by atoms with Gasteiger partial charge in [0.05, 0.1) is 19.4 Å². The average Bonchev–Trinajstić information content (AvgIpc) is 2.85. The van der Waals surface area contributed by atoms with Gasteiger partial charge in [-0.1, -0.05) is 6.07 Å². The lowest BCUT2D eigenvalue weighted by molar-refractivity contribution is 0.310. The Hall–Kier alpha value is -2.54. The highest BCUT2D eigenvalue weighted by molar-refractivity contribution is 5.53. The second-order valence-corrected chi connectivity index (χ2v) is 9.81. The number of nitrogens with one attached hydrogen (secondary N) is 2. The summed E-state index contributed by atoms with van der Waals surface area (Å²) in [4.78, 5) is 11.9. The number of rotatable bonds is 10. The molecule has 7 nitrogen and oxygen atoms in total. The molecule has 0 saturated heterocycles. The molecule has 0 bridgehead atoms. The number of methoxy groups -OCH3 is 1. The SMILES string of the molecule is CCOc1cc(CNC[C@H]2CC[C@@H](Nc3nc4c(c(N(C)C)n3)CCCC4)CC2)ccc1OC. The number of nitrogens with zero attached hydrogens (tertiary/aromatic N) is 3. The van der Waals surface area contributed by atoms with E-state index < -0.39 is 0 Å². The van der Waals surface area contributed by atoms with Crippen molar-refractivity contribution in [2.75, 3.05) is 44.6 Å². The summed E-state index contributed by atoms with van der Waals surface area (Å²) in [6.07, 6.45) is 9.44. The summed E-state index contributed by atoms with van der Waals surface area (Å²) in [7, 11) is 5.85. The van der Waals surface area contributed by atoms with Crippen LogP contribution in [0.2, 0.25) is 0 Å². The van der Waals surface area contributed by atoms with Crippen molar-refractivity contribution in [3.63, 3.8) is 0 Å². The number of ether oxygens (including phenoxy) is 2. The van der Waals surface area contributed by atoms with E-state index in [-0.39, 0.29) is 0 Å². The van der Waals surface area contributed by atoms with Gasteiger partial charge in [0, 0.05) is 32.2 Å². The van der Waals surface area contributed by atoms with E-state index in [1.807, 2.05) is 13.0 Å². The van der Waals surface area contributed by atoms with Gasteiger partial charge in [-0.05, 0) is 88.4 Å². The van der Waals surface area contributed by atoms with Gasteiger partial charge in [0.1, 0.15) is 5.82 Å². The largest absolute Gasteiger partial charge is 0.493 e. The summed E-state index contributed by atoms with van der Waals surface area (Å²) in [5.41, 5.74) is 3.82. The van der Waals surface area contributed by atoms with E-state index in [0.717, 1.165) is 49.2 Å². The van der Waals surface area contributed by atoms with Crippen LogP contribution in [0.5, 0.6) is 11.5 Å². The zero-order chi connectivity index (χ0) is 23.9. The molecule has 4 rings (SSSR count). The molecule has 34 heavy (non-hydrogen) atoms. The zero-order valence-electron chi connectivity index (χ0n) is 21.3. The third-order valence-corrected chi connectivity index (χ3v) is 7.05. The molecular formula is C27H41N5O2. The van der Waals surface area contributed by atoms with Crippen LogP contribution in [0.1, 0.15) is 62.3 Å². The highest BCUT2D eigenvalue weighted by Gasteiger charge is 2.24. The molecule has 0 aliphatic heterocycles. The minimum atomic E-state index is 0.461. The Morgan fingerprint density at radius 2 is 1.82 bits per heavy atom. The minimum Gasteiger partial charge on any atom is -0.493 e. The fourth-order valence-corrected chi connectivity index (χ4v) is 5.22. The predicted molar refractivity (Wildman–Crippen MR) is 138 cm³/mol. The summed E-state index contributed by atoms with van der Waals surface area (Å²) in [5, 5.41) is 7.31. The summed E-state index contributed by atoms with van der Waals surface area (Å²) in [6.45, 7) is 4.52. The third-order valence-electron chi connectivity index (χ3n) is 7.05. The van der Waals surface area contributed by atoms with Gasteiger partial charge < -0.3 is 25.0 Å². The molecule has 1 aromatic carbocycles. The molecule has 1 saturated carbocycles. The Labute approximate surface area is 204 Å². The molecule has 2 aliphatic rings. The van der Waals surface area contributed by atoms with E-state index in [1.54, 1.807) is 7.11 Å². The quantitative estimate of drug-likeness (QED) is 0.529. The van der Waals surface area contributed by atoms with Gasteiger partial charge in [-0.2, -0.15) is 4.98 Å². The number of hydrogen-bond donors (Lipinski definition) is 2. The van der Waals surface area contributed by atoms with E-state index in [0.29, 0.717) is 18.6 Å². The fraction of sp³-hybridized carbons (Fsp3) is 0.630. The van der Waals surface area contributed by atoms with Gasteiger partial charge in [0.15, 0.2) is 11.5 Å². The van der Waals surface area contributed by atoms with Crippen LogP contribution < -0.4 is 25.0 Å². The van der Waals surface area contributed by atoms with Gasteiger partial charge in [0.2, 0.25) is 5.95 Å². The minimum absolute atomic E-state index is 0.461. The number of aryl methyl sites for hydroxylation is 1. The Bertz CT molecular complexity index is 941. The molecule has 186 valence electrons. The second kappa shape index (κ2) is 11.7. The number of hydrogen-bond acceptors (Lipinski definition) is 7. The molecule has 2 aromatic rings.